The van der Waals surface area contributed by atoms with Crippen LogP contribution in [-0.4, -0.2) is 36.9 Å². The van der Waals surface area contributed by atoms with Crippen molar-refractivity contribution in [3.63, 3.8) is 0 Å². The number of nitrogens with one attached hydrogen (secondary N) is 1. The van der Waals surface area contributed by atoms with E-state index in [0.29, 0.717) is 13.2 Å². The fraction of sp³-hybridized carbons (Fsp3) is 0.909. The molecule has 1 aliphatic heterocycles. The molecule has 0 saturated carbocycles. The zero-order chi connectivity index (χ0) is 11.1. The standard InChI is InChI=1S/C11H21NO3/c1-9-10(5-8-15-9)11(14)12-6-3-2-4-7-13/h9-10,13H,2-8H2,1H3,(H,12,14). The third-order valence-corrected chi connectivity index (χ3v) is 2.85. The topological polar surface area (TPSA) is 58.6 Å². The summed E-state index contributed by atoms with van der Waals surface area (Å²) >= 11 is 0. The number of ether oxygens (including phenoxy) is 1. The van der Waals surface area contributed by atoms with Crippen LogP contribution in [0.25, 0.3) is 0 Å². The molecular weight excluding hydrogens is 194 g/mol. The Balaban J connectivity index is 2.08. The fourth-order valence-corrected chi connectivity index (χ4v) is 1.83. The number of rotatable bonds is 6. The second kappa shape index (κ2) is 6.80. The van der Waals surface area contributed by atoms with Crippen molar-refractivity contribution >= 4 is 5.91 Å². The fourth-order valence-electron chi connectivity index (χ4n) is 1.83. The Morgan fingerprint density at radius 1 is 1.47 bits per heavy atom. The van der Waals surface area contributed by atoms with Gasteiger partial charge in [0.05, 0.1) is 12.0 Å². The molecule has 1 saturated heterocycles. The first-order valence-corrected chi connectivity index (χ1v) is 5.76. The molecule has 15 heavy (non-hydrogen) atoms. The predicted molar refractivity (Wildman–Crippen MR) is 57.5 cm³/mol. The van der Waals surface area contributed by atoms with E-state index in [0.717, 1.165) is 25.7 Å². The number of unbranched alkanes of at least 4 members (excludes halogenated alkanes) is 2. The molecule has 1 rings (SSSR count). The van der Waals surface area contributed by atoms with Crippen molar-refractivity contribution < 1.29 is 14.6 Å². The summed E-state index contributed by atoms with van der Waals surface area (Å²) in [4.78, 5) is 11.6. The van der Waals surface area contributed by atoms with Gasteiger partial charge in [-0.25, -0.2) is 0 Å². The van der Waals surface area contributed by atoms with Crippen molar-refractivity contribution in [2.24, 2.45) is 5.92 Å². The van der Waals surface area contributed by atoms with E-state index in [4.69, 9.17) is 9.84 Å². The minimum atomic E-state index is 0.0304. The molecule has 1 amide bonds. The van der Waals surface area contributed by atoms with Crippen molar-refractivity contribution in [2.75, 3.05) is 19.8 Å². The van der Waals surface area contributed by atoms with E-state index in [9.17, 15) is 4.79 Å². The Morgan fingerprint density at radius 2 is 2.27 bits per heavy atom. The van der Waals surface area contributed by atoms with Gasteiger partial charge in [0.25, 0.3) is 0 Å². The van der Waals surface area contributed by atoms with Gasteiger partial charge in [-0.15, -0.1) is 0 Å². The third-order valence-electron chi connectivity index (χ3n) is 2.85. The maximum absolute atomic E-state index is 11.6. The molecule has 88 valence electrons. The van der Waals surface area contributed by atoms with Crippen molar-refractivity contribution in [3.05, 3.63) is 0 Å². The quantitative estimate of drug-likeness (QED) is 0.641. The SMILES string of the molecule is CC1OCCC1C(=O)NCCCCCO. The zero-order valence-corrected chi connectivity index (χ0v) is 9.37. The molecule has 0 aromatic heterocycles. The Kier molecular flexibility index (Phi) is 5.65. The van der Waals surface area contributed by atoms with E-state index in [1.165, 1.54) is 0 Å². The van der Waals surface area contributed by atoms with Crippen molar-refractivity contribution in [3.8, 4) is 0 Å². The van der Waals surface area contributed by atoms with Gasteiger partial charge in [0, 0.05) is 19.8 Å². The molecule has 1 heterocycles. The van der Waals surface area contributed by atoms with E-state index in [1.54, 1.807) is 0 Å². The second-order valence-electron chi connectivity index (χ2n) is 4.05. The zero-order valence-electron chi connectivity index (χ0n) is 9.37. The van der Waals surface area contributed by atoms with E-state index in [1.807, 2.05) is 6.92 Å². The largest absolute Gasteiger partial charge is 0.396 e. The number of hydrogen-bond acceptors (Lipinski definition) is 3. The minimum Gasteiger partial charge on any atom is -0.396 e. The lowest BCUT2D eigenvalue weighted by Gasteiger charge is -2.13. The van der Waals surface area contributed by atoms with Gasteiger partial charge in [-0.05, 0) is 32.6 Å². The molecule has 0 aromatic carbocycles. The average molecular weight is 215 g/mol. The molecule has 0 aromatic rings. The van der Waals surface area contributed by atoms with Gasteiger partial charge >= 0.3 is 0 Å². The molecule has 0 bridgehead atoms. The van der Waals surface area contributed by atoms with Crippen LogP contribution in [0, 0.1) is 5.92 Å². The predicted octanol–water partition coefficient (Wildman–Crippen LogP) is 0.690. The normalized spacial score (nSPS) is 25.5. The van der Waals surface area contributed by atoms with Gasteiger partial charge in [-0.2, -0.15) is 0 Å². The van der Waals surface area contributed by atoms with Crippen molar-refractivity contribution in [1.29, 1.82) is 0 Å². The molecule has 0 radical (unpaired) electrons. The highest BCUT2D eigenvalue weighted by Gasteiger charge is 2.30. The molecule has 4 heteroatoms. The van der Waals surface area contributed by atoms with Gasteiger partial charge in [-0.1, -0.05) is 0 Å². The summed E-state index contributed by atoms with van der Waals surface area (Å²) in [6, 6.07) is 0. The summed E-state index contributed by atoms with van der Waals surface area (Å²) in [5.74, 6) is 0.145. The van der Waals surface area contributed by atoms with Crippen LogP contribution in [0.2, 0.25) is 0 Å². The number of aliphatic hydroxyl groups is 1. The highest BCUT2D eigenvalue weighted by molar-refractivity contribution is 5.79. The Hall–Kier alpha value is -0.610. The Morgan fingerprint density at radius 3 is 2.87 bits per heavy atom. The van der Waals surface area contributed by atoms with Gasteiger partial charge in [0.1, 0.15) is 0 Å². The summed E-state index contributed by atoms with van der Waals surface area (Å²) < 4.78 is 5.34. The van der Waals surface area contributed by atoms with E-state index in [2.05, 4.69) is 5.32 Å². The average Bonchev–Trinajstić information content (AvgIpc) is 2.64. The third kappa shape index (κ3) is 4.18. The van der Waals surface area contributed by atoms with E-state index >= 15 is 0 Å². The van der Waals surface area contributed by atoms with Crippen LogP contribution in [0.3, 0.4) is 0 Å². The molecule has 0 spiro atoms. The Labute approximate surface area is 91.0 Å². The van der Waals surface area contributed by atoms with Crippen LogP contribution in [-0.2, 0) is 9.53 Å². The van der Waals surface area contributed by atoms with Gasteiger partial charge in [-0.3, -0.25) is 4.79 Å². The summed E-state index contributed by atoms with van der Waals surface area (Å²) in [5.41, 5.74) is 0. The monoisotopic (exact) mass is 215 g/mol. The van der Waals surface area contributed by atoms with Gasteiger partial charge in [0.2, 0.25) is 5.91 Å². The number of amides is 1. The lowest BCUT2D eigenvalue weighted by atomic mass is 10.0. The minimum absolute atomic E-state index is 0.0304. The highest BCUT2D eigenvalue weighted by Crippen LogP contribution is 2.20. The van der Waals surface area contributed by atoms with Crippen LogP contribution in [0.1, 0.15) is 32.6 Å². The van der Waals surface area contributed by atoms with Crippen LogP contribution in [0.4, 0.5) is 0 Å². The first kappa shape index (κ1) is 12.5. The summed E-state index contributed by atoms with van der Waals surface area (Å²) in [7, 11) is 0. The van der Waals surface area contributed by atoms with Crippen LogP contribution in [0.15, 0.2) is 0 Å². The van der Waals surface area contributed by atoms with Gasteiger partial charge < -0.3 is 15.2 Å². The molecule has 4 nitrogen and oxygen atoms in total. The smallest absolute Gasteiger partial charge is 0.225 e. The molecule has 1 aliphatic rings. The molecular formula is C11H21NO3. The number of aliphatic hydroxyl groups excluding tert-OH is 1. The second-order valence-corrected chi connectivity index (χ2v) is 4.05. The van der Waals surface area contributed by atoms with Crippen LogP contribution >= 0.6 is 0 Å². The molecule has 2 atom stereocenters. The number of carbonyl (C=O) groups is 1. The first-order chi connectivity index (χ1) is 7.25. The van der Waals surface area contributed by atoms with Crippen molar-refractivity contribution in [1.82, 2.24) is 5.32 Å². The highest BCUT2D eigenvalue weighted by atomic mass is 16.5. The lowest BCUT2D eigenvalue weighted by Crippen LogP contribution is -2.34. The first-order valence-electron chi connectivity index (χ1n) is 5.76. The molecule has 0 aliphatic carbocycles. The van der Waals surface area contributed by atoms with Gasteiger partial charge in [0.15, 0.2) is 0 Å². The summed E-state index contributed by atoms with van der Waals surface area (Å²) in [5, 5.41) is 11.5. The van der Waals surface area contributed by atoms with Crippen LogP contribution < -0.4 is 5.32 Å². The van der Waals surface area contributed by atoms with Crippen molar-refractivity contribution in [2.45, 2.75) is 38.7 Å². The summed E-state index contributed by atoms with van der Waals surface area (Å²) in [6.07, 6.45) is 3.62. The molecule has 2 N–H and O–H groups in total. The maximum atomic E-state index is 11.6. The maximum Gasteiger partial charge on any atom is 0.225 e. The summed E-state index contributed by atoms with van der Waals surface area (Å²) in [6.45, 7) is 3.59. The molecule has 1 fully saturated rings. The lowest BCUT2D eigenvalue weighted by molar-refractivity contribution is -0.126. The van der Waals surface area contributed by atoms with E-state index in [-0.39, 0.29) is 24.5 Å². The molecule has 2 unspecified atom stereocenters. The number of hydrogen-bond donors (Lipinski definition) is 2. The van der Waals surface area contributed by atoms with E-state index < -0.39 is 0 Å². The van der Waals surface area contributed by atoms with Crippen LogP contribution in [0.5, 0.6) is 0 Å². The Bertz CT molecular complexity index is 196. The number of carbonyl (C=O) groups excluding carboxylic acids is 1.